The molecule has 1 rings (SSSR count). The monoisotopic (exact) mass is 231 g/mol. The molecular weight excluding hydrogens is 218 g/mol. The fourth-order valence-corrected chi connectivity index (χ4v) is 2.09. The molecular formula is C8H14BrN3. The summed E-state index contributed by atoms with van der Waals surface area (Å²) >= 11 is 3.52. The van der Waals surface area contributed by atoms with Gasteiger partial charge in [0.15, 0.2) is 0 Å². The van der Waals surface area contributed by atoms with Crippen LogP contribution in [-0.2, 0) is 19.9 Å². The average molecular weight is 232 g/mol. The summed E-state index contributed by atoms with van der Waals surface area (Å²) in [6.45, 7) is 2.77. The zero-order chi connectivity index (χ0) is 9.14. The van der Waals surface area contributed by atoms with Crippen LogP contribution in [-0.4, -0.2) is 16.3 Å². The van der Waals surface area contributed by atoms with E-state index in [-0.39, 0.29) is 0 Å². The van der Waals surface area contributed by atoms with E-state index >= 15 is 0 Å². The van der Waals surface area contributed by atoms with Crippen molar-refractivity contribution >= 4 is 15.9 Å². The number of rotatable bonds is 3. The van der Waals surface area contributed by atoms with Gasteiger partial charge in [-0.2, -0.15) is 5.10 Å². The third-order valence-corrected chi connectivity index (χ3v) is 2.80. The van der Waals surface area contributed by atoms with E-state index in [0.29, 0.717) is 6.54 Å². The summed E-state index contributed by atoms with van der Waals surface area (Å²) in [6.07, 6.45) is 1.84. The molecule has 12 heavy (non-hydrogen) atoms. The molecule has 0 amide bonds. The van der Waals surface area contributed by atoms with Crippen LogP contribution in [0.2, 0.25) is 0 Å². The standard InChI is InChI=1S/C8H14BrN3/c1-3-7-8(9)6(4-5-10)11-12(7)2/h3-5,10H2,1-2H3. The normalized spacial score (nSPS) is 10.7. The zero-order valence-corrected chi connectivity index (χ0v) is 9.06. The van der Waals surface area contributed by atoms with Crippen molar-refractivity contribution in [1.82, 2.24) is 9.78 Å². The fourth-order valence-electron chi connectivity index (χ4n) is 1.27. The van der Waals surface area contributed by atoms with Crippen LogP contribution >= 0.6 is 15.9 Å². The van der Waals surface area contributed by atoms with Gasteiger partial charge in [-0.3, -0.25) is 4.68 Å². The van der Waals surface area contributed by atoms with Gasteiger partial charge in [-0.25, -0.2) is 0 Å². The first-order chi connectivity index (χ1) is 5.70. The molecule has 0 fully saturated rings. The van der Waals surface area contributed by atoms with Crippen molar-refractivity contribution in [1.29, 1.82) is 0 Å². The number of aryl methyl sites for hydroxylation is 1. The summed E-state index contributed by atoms with van der Waals surface area (Å²) in [4.78, 5) is 0. The molecule has 0 aliphatic rings. The van der Waals surface area contributed by atoms with Crippen LogP contribution in [0.5, 0.6) is 0 Å². The van der Waals surface area contributed by atoms with Crippen molar-refractivity contribution in [2.24, 2.45) is 12.8 Å². The smallest absolute Gasteiger partial charge is 0.0782 e. The lowest BCUT2D eigenvalue weighted by Crippen LogP contribution is -2.04. The highest BCUT2D eigenvalue weighted by atomic mass is 79.9. The van der Waals surface area contributed by atoms with Crippen LogP contribution < -0.4 is 5.73 Å². The number of nitrogens with two attached hydrogens (primary N) is 1. The van der Waals surface area contributed by atoms with E-state index in [1.165, 1.54) is 5.69 Å². The lowest BCUT2D eigenvalue weighted by atomic mass is 10.2. The quantitative estimate of drug-likeness (QED) is 0.852. The molecule has 0 saturated heterocycles. The molecule has 0 spiro atoms. The molecule has 3 nitrogen and oxygen atoms in total. The third-order valence-electron chi connectivity index (χ3n) is 1.88. The highest BCUT2D eigenvalue weighted by molar-refractivity contribution is 9.10. The van der Waals surface area contributed by atoms with E-state index in [1.54, 1.807) is 0 Å². The maximum absolute atomic E-state index is 5.46. The second-order valence-electron chi connectivity index (χ2n) is 2.72. The van der Waals surface area contributed by atoms with Gasteiger partial charge in [0.1, 0.15) is 0 Å². The van der Waals surface area contributed by atoms with E-state index in [4.69, 9.17) is 5.73 Å². The molecule has 0 atom stereocenters. The summed E-state index contributed by atoms with van der Waals surface area (Å²) < 4.78 is 3.03. The van der Waals surface area contributed by atoms with Crippen molar-refractivity contribution in [3.63, 3.8) is 0 Å². The molecule has 1 aromatic heterocycles. The van der Waals surface area contributed by atoms with Crippen LogP contribution in [0, 0.1) is 0 Å². The highest BCUT2D eigenvalue weighted by Crippen LogP contribution is 2.21. The van der Waals surface area contributed by atoms with E-state index in [9.17, 15) is 0 Å². The lowest BCUT2D eigenvalue weighted by Gasteiger charge is -1.95. The Kier molecular flexibility index (Phi) is 3.29. The number of halogens is 1. The molecule has 0 saturated carbocycles. The van der Waals surface area contributed by atoms with Crippen LogP contribution in [0.4, 0.5) is 0 Å². The minimum atomic E-state index is 0.652. The Morgan fingerprint density at radius 2 is 2.25 bits per heavy atom. The van der Waals surface area contributed by atoms with Gasteiger partial charge in [0.2, 0.25) is 0 Å². The summed E-state index contributed by atoms with van der Waals surface area (Å²) in [6, 6.07) is 0. The minimum absolute atomic E-state index is 0.652. The molecule has 0 aliphatic carbocycles. The molecule has 68 valence electrons. The van der Waals surface area contributed by atoms with Crippen molar-refractivity contribution in [3.8, 4) is 0 Å². The van der Waals surface area contributed by atoms with Crippen molar-refractivity contribution in [2.75, 3.05) is 6.54 Å². The minimum Gasteiger partial charge on any atom is -0.330 e. The number of hydrogen-bond donors (Lipinski definition) is 1. The van der Waals surface area contributed by atoms with E-state index in [2.05, 4.69) is 28.0 Å². The van der Waals surface area contributed by atoms with Gasteiger partial charge in [0.25, 0.3) is 0 Å². The van der Waals surface area contributed by atoms with Gasteiger partial charge in [-0.1, -0.05) is 6.92 Å². The van der Waals surface area contributed by atoms with Crippen molar-refractivity contribution in [2.45, 2.75) is 19.8 Å². The van der Waals surface area contributed by atoms with Gasteiger partial charge in [-0.15, -0.1) is 0 Å². The Morgan fingerprint density at radius 3 is 2.67 bits per heavy atom. The largest absolute Gasteiger partial charge is 0.330 e. The molecule has 0 radical (unpaired) electrons. The number of aromatic nitrogens is 2. The molecule has 0 aromatic carbocycles. The summed E-state index contributed by atoms with van der Waals surface area (Å²) in [5.41, 5.74) is 7.76. The topological polar surface area (TPSA) is 43.8 Å². The molecule has 2 N–H and O–H groups in total. The van der Waals surface area contributed by atoms with Gasteiger partial charge >= 0.3 is 0 Å². The second kappa shape index (κ2) is 4.05. The molecule has 0 unspecified atom stereocenters. The average Bonchev–Trinajstić information content (AvgIpc) is 2.29. The summed E-state index contributed by atoms with van der Waals surface area (Å²) in [5.74, 6) is 0. The highest BCUT2D eigenvalue weighted by Gasteiger charge is 2.10. The maximum Gasteiger partial charge on any atom is 0.0782 e. The Balaban J connectivity index is 3.00. The summed E-state index contributed by atoms with van der Waals surface area (Å²) in [5, 5.41) is 4.36. The molecule has 4 heteroatoms. The van der Waals surface area contributed by atoms with Crippen LogP contribution in [0.1, 0.15) is 18.3 Å². The molecule has 1 aromatic rings. The first-order valence-electron chi connectivity index (χ1n) is 4.11. The Hall–Kier alpha value is -0.350. The molecule has 0 bridgehead atoms. The Morgan fingerprint density at radius 1 is 1.58 bits per heavy atom. The maximum atomic E-state index is 5.46. The van der Waals surface area contributed by atoms with Gasteiger partial charge in [-0.05, 0) is 28.9 Å². The van der Waals surface area contributed by atoms with Crippen molar-refractivity contribution < 1.29 is 0 Å². The third kappa shape index (κ3) is 1.69. The zero-order valence-electron chi connectivity index (χ0n) is 7.47. The summed E-state index contributed by atoms with van der Waals surface area (Å²) in [7, 11) is 1.96. The molecule has 1 heterocycles. The van der Waals surface area contributed by atoms with E-state index in [1.807, 2.05) is 11.7 Å². The Labute approximate surface area is 81.1 Å². The fraction of sp³-hybridized carbons (Fsp3) is 0.625. The van der Waals surface area contributed by atoms with E-state index < -0.39 is 0 Å². The van der Waals surface area contributed by atoms with Crippen LogP contribution in [0.25, 0.3) is 0 Å². The van der Waals surface area contributed by atoms with Gasteiger partial charge < -0.3 is 5.73 Å². The predicted molar refractivity (Wildman–Crippen MR) is 53.0 cm³/mol. The lowest BCUT2D eigenvalue weighted by molar-refractivity contribution is 0.701. The molecule has 0 aliphatic heterocycles. The van der Waals surface area contributed by atoms with E-state index in [0.717, 1.165) is 23.0 Å². The SMILES string of the molecule is CCc1c(Br)c(CCN)nn1C. The number of hydrogen-bond acceptors (Lipinski definition) is 2. The van der Waals surface area contributed by atoms with Crippen molar-refractivity contribution in [3.05, 3.63) is 15.9 Å². The first kappa shape index (κ1) is 9.74. The first-order valence-corrected chi connectivity index (χ1v) is 4.90. The predicted octanol–water partition coefficient (Wildman–Crippen LogP) is 1.25. The number of nitrogens with zero attached hydrogens (tertiary/aromatic N) is 2. The second-order valence-corrected chi connectivity index (χ2v) is 3.52. The van der Waals surface area contributed by atoms with Crippen LogP contribution in [0.3, 0.4) is 0 Å². The van der Waals surface area contributed by atoms with Gasteiger partial charge in [0, 0.05) is 13.5 Å². The Bertz CT molecular complexity index is 268. The van der Waals surface area contributed by atoms with Crippen LogP contribution in [0.15, 0.2) is 4.47 Å². The van der Waals surface area contributed by atoms with Gasteiger partial charge in [0.05, 0.1) is 15.9 Å².